The molecule has 0 aliphatic rings. The van der Waals surface area contributed by atoms with Gasteiger partial charge >= 0.3 is 6.09 Å². The minimum atomic E-state index is -0.484. The average molecular weight is 246 g/mol. The second-order valence-corrected chi connectivity index (χ2v) is 5.74. The van der Waals surface area contributed by atoms with Crippen LogP contribution in [0, 0.1) is 0 Å². The molecular weight excluding hydrogens is 232 g/mol. The van der Waals surface area contributed by atoms with Crippen LogP contribution in [0.2, 0.25) is 0 Å². The van der Waals surface area contributed by atoms with Gasteiger partial charge in [0.25, 0.3) is 0 Å². The lowest BCUT2D eigenvalue weighted by atomic mass is 10.2. The second-order valence-electron chi connectivity index (χ2n) is 3.83. The largest absolute Gasteiger partial charge is 0.444 e. The van der Waals surface area contributed by atoms with Crippen molar-refractivity contribution in [1.29, 1.82) is 0 Å². The van der Waals surface area contributed by atoms with E-state index in [2.05, 4.69) is 10.3 Å². The fourth-order valence-corrected chi connectivity index (χ4v) is 2.01. The first-order valence-electron chi connectivity index (χ1n) is 4.40. The fraction of sp³-hybridized carbons (Fsp3) is 0.556. The van der Waals surface area contributed by atoms with Crippen molar-refractivity contribution >= 4 is 35.0 Å². The predicted molar refractivity (Wildman–Crippen MR) is 63.8 cm³/mol. The first-order valence-corrected chi connectivity index (χ1v) is 6.50. The number of amides is 1. The minimum absolute atomic E-state index is 0.472. The number of ether oxygens (including phenoxy) is 1. The van der Waals surface area contributed by atoms with Crippen LogP contribution in [0.5, 0.6) is 0 Å². The number of anilines is 1. The van der Waals surface area contributed by atoms with Gasteiger partial charge in [-0.2, -0.15) is 0 Å². The van der Waals surface area contributed by atoms with E-state index in [0.717, 1.165) is 4.34 Å². The maximum Gasteiger partial charge on any atom is 0.413 e. The molecule has 15 heavy (non-hydrogen) atoms. The summed E-state index contributed by atoms with van der Waals surface area (Å²) in [4.78, 5) is 15.5. The van der Waals surface area contributed by atoms with Crippen molar-refractivity contribution in [2.45, 2.75) is 30.7 Å². The molecular formula is C9H14N2O2S2. The Kier molecular flexibility index (Phi) is 3.98. The van der Waals surface area contributed by atoms with Gasteiger partial charge in [0.1, 0.15) is 11.4 Å². The van der Waals surface area contributed by atoms with Crippen LogP contribution in [0.15, 0.2) is 9.72 Å². The van der Waals surface area contributed by atoms with Gasteiger partial charge in [-0.1, -0.05) is 11.8 Å². The summed E-state index contributed by atoms with van der Waals surface area (Å²) in [6.45, 7) is 5.46. The van der Waals surface area contributed by atoms with Gasteiger partial charge in [-0.15, -0.1) is 11.3 Å². The smallest absolute Gasteiger partial charge is 0.413 e. The molecule has 0 saturated heterocycles. The van der Waals surface area contributed by atoms with Crippen molar-refractivity contribution in [3.63, 3.8) is 0 Å². The number of hydrogen-bond acceptors (Lipinski definition) is 5. The Hall–Kier alpha value is -0.750. The molecule has 0 bridgehead atoms. The number of carbonyl (C=O) groups excluding carboxylic acids is 1. The third kappa shape index (κ3) is 4.53. The molecule has 4 nitrogen and oxygen atoms in total. The molecule has 0 aromatic carbocycles. The summed E-state index contributed by atoms with van der Waals surface area (Å²) in [5, 5.41) is 4.37. The van der Waals surface area contributed by atoms with E-state index in [-0.39, 0.29) is 0 Å². The van der Waals surface area contributed by atoms with E-state index in [0.29, 0.717) is 5.82 Å². The average Bonchev–Trinajstić information content (AvgIpc) is 2.48. The Morgan fingerprint density at radius 2 is 2.27 bits per heavy atom. The third-order valence-electron chi connectivity index (χ3n) is 1.29. The van der Waals surface area contributed by atoms with Gasteiger partial charge < -0.3 is 4.74 Å². The van der Waals surface area contributed by atoms with Gasteiger partial charge in [-0.25, -0.2) is 9.78 Å². The molecule has 1 N–H and O–H groups in total. The summed E-state index contributed by atoms with van der Waals surface area (Å²) >= 11 is 3.04. The number of thioether (sulfide) groups is 1. The van der Waals surface area contributed by atoms with Crippen molar-refractivity contribution in [2.75, 3.05) is 11.6 Å². The molecule has 1 rings (SSSR count). The van der Waals surface area contributed by atoms with E-state index in [9.17, 15) is 4.79 Å². The van der Waals surface area contributed by atoms with Crippen molar-refractivity contribution < 1.29 is 9.53 Å². The molecule has 84 valence electrons. The van der Waals surface area contributed by atoms with E-state index in [1.165, 1.54) is 11.3 Å². The number of hydrogen-bond donors (Lipinski definition) is 1. The zero-order valence-electron chi connectivity index (χ0n) is 9.16. The SMILES string of the molecule is CSc1nc(NC(=O)OC(C)(C)C)cs1. The molecule has 1 heterocycles. The standard InChI is InChI=1S/C9H14N2O2S2/c1-9(2,3)13-7(12)10-6-5-15-8(11-6)14-4/h5H,1-4H3,(H,10,12). The van der Waals surface area contributed by atoms with Gasteiger partial charge in [0, 0.05) is 5.38 Å². The van der Waals surface area contributed by atoms with Crippen molar-refractivity contribution in [3.05, 3.63) is 5.38 Å². The van der Waals surface area contributed by atoms with Gasteiger partial charge in [0.2, 0.25) is 0 Å². The summed E-state index contributed by atoms with van der Waals surface area (Å²) in [6, 6.07) is 0. The molecule has 6 heteroatoms. The topological polar surface area (TPSA) is 51.2 Å². The molecule has 0 unspecified atom stereocenters. The lowest BCUT2D eigenvalue weighted by molar-refractivity contribution is 0.0635. The van der Waals surface area contributed by atoms with Crippen LogP contribution in [-0.2, 0) is 4.74 Å². The highest BCUT2D eigenvalue weighted by Gasteiger charge is 2.16. The summed E-state index contributed by atoms with van der Waals surface area (Å²) < 4.78 is 6.01. The van der Waals surface area contributed by atoms with Crippen LogP contribution < -0.4 is 5.32 Å². The Labute approximate surface area is 97.4 Å². The Balaban J connectivity index is 2.51. The number of aromatic nitrogens is 1. The van der Waals surface area contributed by atoms with Crippen LogP contribution in [-0.4, -0.2) is 22.9 Å². The highest BCUT2D eigenvalue weighted by Crippen LogP contribution is 2.22. The Morgan fingerprint density at radius 3 is 2.73 bits per heavy atom. The Bertz CT molecular complexity index is 344. The minimum Gasteiger partial charge on any atom is -0.444 e. The number of thiazole rings is 1. The van der Waals surface area contributed by atoms with E-state index in [4.69, 9.17) is 4.74 Å². The van der Waals surface area contributed by atoms with Crippen LogP contribution >= 0.6 is 23.1 Å². The molecule has 0 radical (unpaired) electrons. The highest BCUT2D eigenvalue weighted by molar-refractivity contribution is 8.00. The quantitative estimate of drug-likeness (QED) is 0.814. The fourth-order valence-electron chi connectivity index (χ4n) is 0.817. The maximum atomic E-state index is 11.4. The van der Waals surface area contributed by atoms with E-state index < -0.39 is 11.7 Å². The molecule has 0 aliphatic heterocycles. The van der Waals surface area contributed by atoms with Gasteiger partial charge in [-0.3, -0.25) is 5.32 Å². The summed E-state index contributed by atoms with van der Waals surface area (Å²) in [5.74, 6) is 0.540. The summed E-state index contributed by atoms with van der Waals surface area (Å²) in [7, 11) is 0. The zero-order valence-corrected chi connectivity index (χ0v) is 10.8. The van der Waals surface area contributed by atoms with Gasteiger partial charge in [-0.05, 0) is 27.0 Å². The molecule has 0 saturated carbocycles. The summed E-state index contributed by atoms with van der Waals surface area (Å²) in [6.07, 6.45) is 1.47. The summed E-state index contributed by atoms with van der Waals surface area (Å²) in [5.41, 5.74) is -0.484. The van der Waals surface area contributed by atoms with Crippen LogP contribution in [0.1, 0.15) is 20.8 Å². The van der Waals surface area contributed by atoms with E-state index in [1.807, 2.05) is 27.0 Å². The predicted octanol–water partition coefficient (Wildman–Crippen LogP) is 3.21. The van der Waals surface area contributed by atoms with Crippen molar-refractivity contribution in [1.82, 2.24) is 4.98 Å². The molecule has 0 aliphatic carbocycles. The monoisotopic (exact) mass is 246 g/mol. The number of nitrogens with one attached hydrogen (secondary N) is 1. The second kappa shape index (κ2) is 4.85. The Morgan fingerprint density at radius 1 is 1.60 bits per heavy atom. The third-order valence-corrected chi connectivity index (χ3v) is 3.15. The molecule has 0 atom stereocenters. The van der Waals surface area contributed by atoms with E-state index in [1.54, 1.807) is 17.1 Å². The molecule has 1 aromatic heterocycles. The van der Waals surface area contributed by atoms with Crippen molar-refractivity contribution in [2.24, 2.45) is 0 Å². The number of carbonyl (C=O) groups is 1. The normalized spacial score (nSPS) is 11.2. The number of rotatable bonds is 2. The lowest BCUT2D eigenvalue weighted by Crippen LogP contribution is -2.27. The van der Waals surface area contributed by atoms with Crippen LogP contribution in [0.25, 0.3) is 0 Å². The van der Waals surface area contributed by atoms with Crippen molar-refractivity contribution in [3.8, 4) is 0 Å². The highest BCUT2D eigenvalue weighted by atomic mass is 32.2. The lowest BCUT2D eigenvalue weighted by Gasteiger charge is -2.18. The maximum absolute atomic E-state index is 11.4. The van der Waals surface area contributed by atoms with Crippen LogP contribution in [0.4, 0.5) is 10.6 Å². The molecule has 1 amide bonds. The molecule has 0 fully saturated rings. The molecule has 1 aromatic rings. The van der Waals surface area contributed by atoms with Gasteiger partial charge in [0.05, 0.1) is 0 Å². The molecule has 0 spiro atoms. The first-order chi connectivity index (χ1) is 6.90. The van der Waals surface area contributed by atoms with Gasteiger partial charge in [0.15, 0.2) is 4.34 Å². The first kappa shape index (κ1) is 12.3. The number of nitrogens with zero attached hydrogens (tertiary/aromatic N) is 1. The van der Waals surface area contributed by atoms with Crippen LogP contribution in [0.3, 0.4) is 0 Å². The zero-order chi connectivity index (χ0) is 11.5. The van der Waals surface area contributed by atoms with E-state index >= 15 is 0 Å².